The molecule has 0 saturated heterocycles. The second-order valence-corrected chi connectivity index (χ2v) is 5.33. The Kier molecular flexibility index (Phi) is 3.02. The SMILES string of the molecule is CCC(C)C(=O)Nc1nc2sccc2s1. The molecule has 0 spiro atoms. The van der Waals surface area contributed by atoms with Crippen molar-refractivity contribution in [3.63, 3.8) is 0 Å². The average molecular weight is 240 g/mol. The Bertz CT molecular complexity index is 446. The zero-order chi connectivity index (χ0) is 10.8. The van der Waals surface area contributed by atoms with Crippen LogP contribution in [0.3, 0.4) is 0 Å². The van der Waals surface area contributed by atoms with Gasteiger partial charge in [-0.1, -0.05) is 25.2 Å². The second kappa shape index (κ2) is 4.28. The molecule has 0 fully saturated rings. The molecular weight excluding hydrogens is 228 g/mol. The molecule has 80 valence electrons. The average Bonchev–Trinajstić information content (AvgIpc) is 2.76. The first-order valence-electron chi connectivity index (χ1n) is 4.85. The Morgan fingerprint density at radius 1 is 1.67 bits per heavy atom. The van der Waals surface area contributed by atoms with E-state index in [4.69, 9.17) is 0 Å². The molecular formula is C10H12N2OS2. The van der Waals surface area contributed by atoms with E-state index < -0.39 is 0 Å². The number of hydrogen-bond acceptors (Lipinski definition) is 4. The van der Waals surface area contributed by atoms with Gasteiger partial charge in [0.15, 0.2) is 5.13 Å². The van der Waals surface area contributed by atoms with E-state index in [2.05, 4.69) is 10.3 Å². The molecule has 2 aromatic rings. The number of thiophene rings is 1. The number of anilines is 1. The smallest absolute Gasteiger partial charge is 0.228 e. The van der Waals surface area contributed by atoms with E-state index in [0.29, 0.717) is 5.13 Å². The number of aromatic nitrogens is 1. The van der Waals surface area contributed by atoms with Crippen LogP contribution in [0.25, 0.3) is 9.53 Å². The number of rotatable bonds is 3. The molecule has 0 aliphatic rings. The minimum atomic E-state index is 0.0481. The first-order valence-corrected chi connectivity index (χ1v) is 6.55. The maximum Gasteiger partial charge on any atom is 0.228 e. The third kappa shape index (κ3) is 2.18. The van der Waals surface area contributed by atoms with Crippen molar-refractivity contribution in [3.8, 4) is 0 Å². The standard InChI is InChI=1S/C10H12N2OS2/c1-3-6(2)8(13)11-10-12-9-7(15-10)4-5-14-9/h4-6H,3H2,1-2H3,(H,11,12,13). The van der Waals surface area contributed by atoms with Crippen molar-refractivity contribution in [3.05, 3.63) is 11.4 Å². The summed E-state index contributed by atoms with van der Waals surface area (Å²) in [5, 5.41) is 5.56. The van der Waals surface area contributed by atoms with Gasteiger partial charge in [0.25, 0.3) is 0 Å². The predicted octanol–water partition coefficient (Wildman–Crippen LogP) is 3.34. The van der Waals surface area contributed by atoms with Crippen molar-refractivity contribution < 1.29 is 4.79 Å². The van der Waals surface area contributed by atoms with E-state index in [9.17, 15) is 4.79 Å². The molecule has 1 unspecified atom stereocenters. The summed E-state index contributed by atoms with van der Waals surface area (Å²) in [5.41, 5.74) is 0. The van der Waals surface area contributed by atoms with Crippen molar-refractivity contribution in [1.29, 1.82) is 0 Å². The molecule has 0 aliphatic heterocycles. The Morgan fingerprint density at radius 2 is 2.47 bits per heavy atom. The number of carbonyl (C=O) groups excluding carboxylic acids is 1. The molecule has 0 aromatic carbocycles. The number of nitrogens with zero attached hydrogens (tertiary/aromatic N) is 1. The van der Waals surface area contributed by atoms with E-state index in [0.717, 1.165) is 16.0 Å². The third-order valence-electron chi connectivity index (χ3n) is 2.31. The summed E-state index contributed by atoms with van der Waals surface area (Å²) in [6.07, 6.45) is 0.853. The van der Waals surface area contributed by atoms with Gasteiger partial charge in [0.1, 0.15) is 4.83 Å². The highest BCUT2D eigenvalue weighted by atomic mass is 32.1. The van der Waals surface area contributed by atoms with Gasteiger partial charge in [-0.25, -0.2) is 4.98 Å². The van der Waals surface area contributed by atoms with Crippen LogP contribution in [0.2, 0.25) is 0 Å². The van der Waals surface area contributed by atoms with Gasteiger partial charge in [-0.15, -0.1) is 11.3 Å². The van der Waals surface area contributed by atoms with Crippen LogP contribution in [-0.4, -0.2) is 10.9 Å². The number of thiazole rings is 1. The van der Waals surface area contributed by atoms with E-state index >= 15 is 0 Å². The number of amides is 1. The van der Waals surface area contributed by atoms with Gasteiger partial charge in [0.2, 0.25) is 5.91 Å². The lowest BCUT2D eigenvalue weighted by atomic mass is 10.1. The molecule has 15 heavy (non-hydrogen) atoms. The maximum absolute atomic E-state index is 11.6. The van der Waals surface area contributed by atoms with Gasteiger partial charge in [0, 0.05) is 5.92 Å². The van der Waals surface area contributed by atoms with E-state index in [1.165, 1.54) is 11.3 Å². The fourth-order valence-corrected chi connectivity index (χ4v) is 2.98. The van der Waals surface area contributed by atoms with Gasteiger partial charge in [-0.2, -0.15) is 0 Å². The highest BCUT2D eigenvalue weighted by Gasteiger charge is 2.13. The highest BCUT2D eigenvalue weighted by molar-refractivity contribution is 7.28. The summed E-state index contributed by atoms with van der Waals surface area (Å²) < 4.78 is 1.14. The predicted molar refractivity (Wildman–Crippen MR) is 65.6 cm³/mol. The molecule has 1 atom stereocenters. The van der Waals surface area contributed by atoms with E-state index in [-0.39, 0.29) is 11.8 Å². The van der Waals surface area contributed by atoms with Gasteiger partial charge in [-0.3, -0.25) is 4.79 Å². The molecule has 2 heterocycles. The van der Waals surface area contributed by atoms with Crippen LogP contribution in [-0.2, 0) is 4.79 Å². The van der Waals surface area contributed by atoms with Crippen LogP contribution in [0, 0.1) is 5.92 Å². The normalized spacial score (nSPS) is 12.9. The quantitative estimate of drug-likeness (QED) is 0.894. The lowest BCUT2D eigenvalue weighted by Gasteiger charge is -2.06. The van der Waals surface area contributed by atoms with Gasteiger partial charge in [-0.05, 0) is 17.9 Å². The van der Waals surface area contributed by atoms with Crippen molar-refractivity contribution in [2.75, 3.05) is 5.32 Å². The Labute approximate surface area is 96.1 Å². The van der Waals surface area contributed by atoms with Gasteiger partial charge >= 0.3 is 0 Å². The number of nitrogens with one attached hydrogen (secondary N) is 1. The number of fused-ring (bicyclic) bond motifs is 1. The van der Waals surface area contributed by atoms with Crippen LogP contribution in [0.5, 0.6) is 0 Å². The summed E-state index contributed by atoms with van der Waals surface area (Å²) in [7, 11) is 0. The van der Waals surface area contributed by atoms with E-state index in [1.807, 2.05) is 25.3 Å². The Balaban J connectivity index is 2.12. The molecule has 1 N–H and O–H groups in total. The van der Waals surface area contributed by atoms with Gasteiger partial charge < -0.3 is 5.32 Å². The molecule has 2 aromatic heterocycles. The first kappa shape index (κ1) is 10.6. The topological polar surface area (TPSA) is 42.0 Å². The fraction of sp³-hybridized carbons (Fsp3) is 0.400. The number of hydrogen-bond donors (Lipinski definition) is 1. The van der Waals surface area contributed by atoms with Crippen molar-refractivity contribution in [2.24, 2.45) is 5.92 Å². The third-order valence-corrected chi connectivity index (χ3v) is 4.18. The van der Waals surface area contributed by atoms with E-state index in [1.54, 1.807) is 11.3 Å². The van der Waals surface area contributed by atoms with Crippen LogP contribution in [0.15, 0.2) is 11.4 Å². The fourth-order valence-electron chi connectivity index (χ4n) is 1.14. The molecule has 1 amide bonds. The molecule has 0 radical (unpaired) electrons. The molecule has 2 rings (SSSR count). The van der Waals surface area contributed by atoms with Gasteiger partial charge in [0.05, 0.1) is 4.70 Å². The van der Waals surface area contributed by atoms with Crippen LogP contribution in [0.1, 0.15) is 20.3 Å². The van der Waals surface area contributed by atoms with Crippen molar-refractivity contribution >= 4 is 43.2 Å². The van der Waals surface area contributed by atoms with Crippen molar-refractivity contribution in [2.45, 2.75) is 20.3 Å². The molecule has 0 bridgehead atoms. The summed E-state index contributed by atoms with van der Waals surface area (Å²) in [4.78, 5) is 16.9. The first-order chi connectivity index (χ1) is 7.20. The molecule has 0 saturated carbocycles. The molecule has 5 heteroatoms. The number of carbonyl (C=O) groups is 1. The minimum absolute atomic E-state index is 0.0481. The largest absolute Gasteiger partial charge is 0.302 e. The summed E-state index contributed by atoms with van der Waals surface area (Å²) in [6.45, 7) is 3.93. The maximum atomic E-state index is 11.6. The summed E-state index contributed by atoms with van der Waals surface area (Å²) in [6, 6.07) is 2.02. The van der Waals surface area contributed by atoms with Crippen LogP contribution >= 0.6 is 22.7 Å². The Hall–Kier alpha value is -0.940. The monoisotopic (exact) mass is 240 g/mol. The Morgan fingerprint density at radius 3 is 3.13 bits per heavy atom. The minimum Gasteiger partial charge on any atom is -0.302 e. The highest BCUT2D eigenvalue weighted by Crippen LogP contribution is 2.29. The van der Waals surface area contributed by atoms with Crippen LogP contribution < -0.4 is 5.32 Å². The molecule has 3 nitrogen and oxygen atoms in total. The van der Waals surface area contributed by atoms with Crippen LogP contribution in [0.4, 0.5) is 5.13 Å². The zero-order valence-electron chi connectivity index (χ0n) is 8.61. The summed E-state index contributed by atoms with van der Waals surface area (Å²) in [5.74, 6) is 0.103. The zero-order valence-corrected chi connectivity index (χ0v) is 10.2. The lowest BCUT2D eigenvalue weighted by Crippen LogP contribution is -2.19. The lowest BCUT2D eigenvalue weighted by molar-refractivity contribution is -0.119. The second-order valence-electron chi connectivity index (χ2n) is 3.41. The molecule has 0 aliphatic carbocycles. The summed E-state index contributed by atoms with van der Waals surface area (Å²) >= 11 is 3.12. The van der Waals surface area contributed by atoms with Crippen molar-refractivity contribution in [1.82, 2.24) is 4.98 Å².